The van der Waals surface area contributed by atoms with E-state index in [0.29, 0.717) is 12.5 Å². The molecule has 15 heavy (non-hydrogen) atoms. The van der Waals surface area contributed by atoms with Crippen LogP contribution in [0.5, 0.6) is 0 Å². The van der Waals surface area contributed by atoms with Crippen LogP contribution in [0, 0.1) is 5.92 Å². The van der Waals surface area contributed by atoms with E-state index in [9.17, 15) is 0 Å². The summed E-state index contributed by atoms with van der Waals surface area (Å²) in [5, 5.41) is 0. The Labute approximate surface area is 89.3 Å². The lowest BCUT2D eigenvalue weighted by molar-refractivity contribution is 0.158. The first kappa shape index (κ1) is 10.7. The average Bonchev–Trinajstić information content (AvgIpc) is 2.87. The Morgan fingerprint density at radius 3 is 3.13 bits per heavy atom. The van der Waals surface area contributed by atoms with Crippen LogP contribution in [-0.4, -0.2) is 20.3 Å². The highest BCUT2D eigenvalue weighted by atomic mass is 16.5. The van der Waals surface area contributed by atoms with Crippen LogP contribution in [0.15, 0.2) is 16.5 Å². The predicted molar refractivity (Wildman–Crippen MR) is 55.3 cm³/mol. The van der Waals surface area contributed by atoms with Gasteiger partial charge in [-0.2, -0.15) is 0 Å². The van der Waals surface area contributed by atoms with Gasteiger partial charge in [0.05, 0.1) is 12.6 Å². The van der Waals surface area contributed by atoms with Gasteiger partial charge in [-0.25, -0.2) is 0 Å². The molecule has 0 amide bonds. The molecule has 1 aliphatic heterocycles. The summed E-state index contributed by atoms with van der Waals surface area (Å²) in [6, 6.07) is 3.78. The molecule has 4 nitrogen and oxygen atoms in total. The molecule has 1 fully saturated rings. The van der Waals surface area contributed by atoms with Crippen molar-refractivity contribution in [3.05, 3.63) is 23.7 Å². The Morgan fingerprint density at radius 2 is 2.47 bits per heavy atom. The first-order chi connectivity index (χ1) is 7.31. The molecule has 2 unspecified atom stereocenters. The van der Waals surface area contributed by atoms with E-state index in [1.165, 1.54) is 0 Å². The molecule has 2 atom stereocenters. The quantitative estimate of drug-likeness (QED) is 0.819. The van der Waals surface area contributed by atoms with Crippen molar-refractivity contribution in [2.75, 3.05) is 20.3 Å². The molecule has 1 saturated heterocycles. The minimum atomic E-state index is -0.0573. The van der Waals surface area contributed by atoms with Gasteiger partial charge in [-0.1, -0.05) is 0 Å². The van der Waals surface area contributed by atoms with Crippen LogP contribution < -0.4 is 5.73 Å². The van der Waals surface area contributed by atoms with E-state index in [0.717, 1.165) is 31.2 Å². The van der Waals surface area contributed by atoms with Gasteiger partial charge >= 0.3 is 0 Å². The number of furan rings is 1. The third-order valence-corrected chi connectivity index (χ3v) is 2.77. The van der Waals surface area contributed by atoms with Crippen molar-refractivity contribution in [1.82, 2.24) is 0 Å². The fourth-order valence-electron chi connectivity index (χ4n) is 1.86. The van der Waals surface area contributed by atoms with Gasteiger partial charge in [0.1, 0.15) is 18.1 Å². The summed E-state index contributed by atoms with van der Waals surface area (Å²) >= 11 is 0. The van der Waals surface area contributed by atoms with Crippen molar-refractivity contribution in [3.63, 3.8) is 0 Å². The Hall–Kier alpha value is -0.840. The van der Waals surface area contributed by atoms with Crippen molar-refractivity contribution in [2.45, 2.75) is 19.1 Å². The van der Waals surface area contributed by atoms with Gasteiger partial charge in [0, 0.05) is 19.6 Å². The summed E-state index contributed by atoms with van der Waals surface area (Å²) in [6.45, 7) is 2.04. The van der Waals surface area contributed by atoms with Crippen LogP contribution >= 0.6 is 0 Å². The maximum atomic E-state index is 6.10. The zero-order valence-electron chi connectivity index (χ0n) is 8.94. The summed E-state index contributed by atoms with van der Waals surface area (Å²) in [5.41, 5.74) is 6.10. The van der Waals surface area contributed by atoms with Gasteiger partial charge in [-0.05, 0) is 18.6 Å². The van der Waals surface area contributed by atoms with E-state index in [-0.39, 0.29) is 6.04 Å². The summed E-state index contributed by atoms with van der Waals surface area (Å²) in [4.78, 5) is 0. The van der Waals surface area contributed by atoms with Crippen molar-refractivity contribution in [1.29, 1.82) is 0 Å². The molecular weight excluding hydrogens is 194 g/mol. The molecule has 0 radical (unpaired) electrons. The second kappa shape index (κ2) is 4.79. The molecule has 0 saturated carbocycles. The van der Waals surface area contributed by atoms with Crippen LogP contribution in [-0.2, 0) is 16.1 Å². The summed E-state index contributed by atoms with van der Waals surface area (Å²) in [5.74, 6) is 2.03. The number of hydrogen-bond donors (Lipinski definition) is 1. The molecule has 2 N–H and O–H groups in total. The molecule has 2 rings (SSSR count). The largest absolute Gasteiger partial charge is 0.462 e. The second-order valence-corrected chi connectivity index (χ2v) is 3.89. The van der Waals surface area contributed by atoms with Crippen LogP contribution in [0.1, 0.15) is 24.0 Å². The maximum Gasteiger partial charge on any atom is 0.129 e. The molecule has 1 aromatic heterocycles. The SMILES string of the molecule is COCc1ccc(C(N)C2CCOC2)o1. The molecule has 2 heterocycles. The Morgan fingerprint density at radius 1 is 1.60 bits per heavy atom. The van der Waals surface area contributed by atoms with Crippen LogP contribution in [0.2, 0.25) is 0 Å². The smallest absolute Gasteiger partial charge is 0.129 e. The Bertz CT molecular complexity index is 305. The summed E-state index contributed by atoms with van der Waals surface area (Å²) in [6.07, 6.45) is 1.02. The van der Waals surface area contributed by atoms with Gasteiger partial charge < -0.3 is 19.6 Å². The van der Waals surface area contributed by atoms with Crippen molar-refractivity contribution in [2.24, 2.45) is 11.7 Å². The molecule has 0 aromatic carbocycles. The Kier molecular flexibility index (Phi) is 3.41. The first-order valence-corrected chi connectivity index (χ1v) is 5.22. The highest BCUT2D eigenvalue weighted by Gasteiger charge is 2.26. The van der Waals surface area contributed by atoms with Gasteiger partial charge in [0.25, 0.3) is 0 Å². The minimum absolute atomic E-state index is 0.0573. The zero-order chi connectivity index (χ0) is 10.7. The van der Waals surface area contributed by atoms with Crippen LogP contribution in [0.4, 0.5) is 0 Å². The highest BCUT2D eigenvalue weighted by Crippen LogP contribution is 2.27. The second-order valence-electron chi connectivity index (χ2n) is 3.89. The monoisotopic (exact) mass is 211 g/mol. The van der Waals surface area contributed by atoms with Gasteiger partial charge in [0.2, 0.25) is 0 Å². The molecular formula is C11H17NO3. The van der Waals surface area contributed by atoms with E-state index in [1.54, 1.807) is 7.11 Å². The maximum absolute atomic E-state index is 6.10. The van der Waals surface area contributed by atoms with Crippen LogP contribution in [0.25, 0.3) is 0 Å². The van der Waals surface area contributed by atoms with Gasteiger partial charge in [0.15, 0.2) is 0 Å². The molecule has 0 aliphatic carbocycles. The molecule has 0 spiro atoms. The lowest BCUT2D eigenvalue weighted by atomic mass is 9.98. The third kappa shape index (κ3) is 2.40. The standard InChI is InChI=1S/C11H17NO3/c1-13-7-9-2-3-10(15-9)11(12)8-4-5-14-6-8/h2-3,8,11H,4-7,12H2,1H3. The van der Waals surface area contributed by atoms with E-state index < -0.39 is 0 Å². The van der Waals surface area contributed by atoms with E-state index in [1.807, 2.05) is 12.1 Å². The summed E-state index contributed by atoms with van der Waals surface area (Å²) < 4.78 is 15.9. The number of rotatable bonds is 4. The molecule has 1 aromatic rings. The highest BCUT2D eigenvalue weighted by molar-refractivity contribution is 5.11. The Balaban J connectivity index is 2.00. The number of methoxy groups -OCH3 is 1. The third-order valence-electron chi connectivity index (χ3n) is 2.77. The van der Waals surface area contributed by atoms with E-state index in [4.69, 9.17) is 19.6 Å². The molecule has 0 bridgehead atoms. The summed E-state index contributed by atoms with van der Waals surface area (Å²) in [7, 11) is 1.65. The number of nitrogens with two attached hydrogens (primary N) is 1. The number of ether oxygens (including phenoxy) is 2. The average molecular weight is 211 g/mol. The molecule has 4 heteroatoms. The number of hydrogen-bond acceptors (Lipinski definition) is 4. The fourth-order valence-corrected chi connectivity index (χ4v) is 1.86. The van der Waals surface area contributed by atoms with Crippen molar-refractivity contribution >= 4 is 0 Å². The van der Waals surface area contributed by atoms with Crippen molar-refractivity contribution < 1.29 is 13.9 Å². The lowest BCUT2D eigenvalue weighted by Crippen LogP contribution is -2.20. The van der Waals surface area contributed by atoms with Gasteiger partial charge in [-0.15, -0.1) is 0 Å². The molecule has 84 valence electrons. The first-order valence-electron chi connectivity index (χ1n) is 5.22. The zero-order valence-corrected chi connectivity index (χ0v) is 8.94. The van der Waals surface area contributed by atoms with Gasteiger partial charge in [-0.3, -0.25) is 0 Å². The molecule has 1 aliphatic rings. The lowest BCUT2D eigenvalue weighted by Gasteiger charge is -2.14. The topological polar surface area (TPSA) is 57.6 Å². The normalized spacial score (nSPS) is 23.2. The fraction of sp³-hybridized carbons (Fsp3) is 0.636. The van der Waals surface area contributed by atoms with E-state index in [2.05, 4.69) is 0 Å². The predicted octanol–water partition coefficient (Wildman–Crippen LogP) is 1.46. The van der Waals surface area contributed by atoms with Crippen LogP contribution in [0.3, 0.4) is 0 Å². The van der Waals surface area contributed by atoms with E-state index >= 15 is 0 Å². The van der Waals surface area contributed by atoms with Crippen molar-refractivity contribution in [3.8, 4) is 0 Å². The minimum Gasteiger partial charge on any atom is -0.462 e.